The topological polar surface area (TPSA) is 102 Å². The lowest BCUT2D eigenvalue weighted by Gasteiger charge is -2.08. The van der Waals surface area contributed by atoms with Crippen molar-refractivity contribution in [3.05, 3.63) is 51.7 Å². The Balaban J connectivity index is 2.50. The quantitative estimate of drug-likeness (QED) is 0.548. The highest BCUT2D eigenvalue weighted by Gasteiger charge is 2.21. The molecule has 1 heterocycles. The lowest BCUT2D eigenvalue weighted by Crippen LogP contribution is -2.07. The molecule has 8 heteroatoms. The number of aryl methyl sites for hydroxylation is 1. The van der Waals surface area contributed by atoms with Crippen molar-refractivity contribution in [2.75, 3.05) is 0 Å². The molecular weight excluding hydrogens is 368 g/mol. The monoisotopic (exact) mass is 380 g/mol. The van der Waals surface area contributed by atoms with Gasteiger partial charge in [-0.25, -0.2) is 13.2 Å². The van der Waals surface area contributed by atoms with Gasteiger partial charge in [-0.05, 0) is 42.3 Å². The van der Waals surface area contributed by atoms with Crippen LogP contribution >= 0.6 is 10.7 Å². The molecule has 0 aliphatic heterocycles. The average Bonchev–Trinajstić information content (AvgIpc) is 2.54. The van der Waals surface area contributed by atoms with Gasteiger partial charge < -0.3 is 9.52 Å². The van der Waals surface area contributed by atoms with Crippen LogP contribution in [0, 0.1) is 0 Å². The van der Waals surface area contributed by atoms with Crippen LogP contribution in [-0.4, -0.2) is 19.5 Å². The number of carbonyl (C=O) groups is 1. The molecule has 0 radical (unpaired) electrons. The molecular formula is C17H13ClO6S. The lowest BCUT2D eigenvalue weighted by molar-refractivity contribution is 0.0697. The van der Waals surface area contributed by atoms with Crippen molar-refractivity contribution in [2.45, 2.75) is 24.7 Å². The van der Waals surface area contributed by atoms with Gasteiger partial charge in [0.1, 0.15) is 10.5 Å². The van der Waals surface area contributed by atoms with E-state index in [1.165, 1.54) is 24.3 Å². The molecule has 0 unspecified atom stereocenters. The predicted octanol–water partition coefficient (Wildman–Crippen LogP) is 3.52. The predicted molar refractivity (Wildman–Crippen MR) is 94.0 cm³/mol. The summed E-state index contributed by atoms with van der Waals surface area (Å²) in [5.74, 6) is -1.18. The molecule has 0 amide bonds. The highest BCUT2D eigenvalue weighted by molar-refractivity contribution is 8.14. The Morgan fingerprint density at radius 2 is 1.92 bits per heavy atom. The second-order valence-electron chi connectivity index (χ2n) is 5.61. The van der Waals surface area contributed by atoms with E-state index in [4.69, 9.17) is 20.2 Å². The van der Waals surface area contributed by atoms with Crippen molar-refractivity contribution >= 4 is 47.6 Å². The summed E-state index contributed by atoms with van der Waals surface area (Å²) in [4.78, 5) is 23.7. The normalized spacial score (nSPS) is 11.9. The Labute approximate surface area is 147 Å². The summed E-state index contributed by atoms with van der Waals surface area (Å²) in [6, 6.07) is 6.77. The molecule has 6 nitrogen and oxygen atoms in total. The molecule has 1 aromatic heterocycles. The van der Waals surface area contributed by atoms with E-state index in [0.717, 1.165) is 6.42 Å². The van der Waals surface area contributed by atoms with Crippen LogP contribution in [0.25, 0.3) is 21.9 Å². The maximum Gasteiger partial charge on any atom is 0.335 e. The van der Waals surface area contributed by atoms with Gasteiger partial charge in [-0.2, -0.15) is 0 Å². The minimum atomic E-state index is -4.13. The SMILES string of the molecule is CCCc1cc(S(=O)(=O)Cl)c2oc3ccc(C(=O)O)cc3c(=O)c2c1. The number of hydrogen-bond acceptors (Lipinski definition) is 5. The average molecular weight is 381 g/mol. The first kappa shape index (κ1) is 17.4. The van der Waals surface area contributed by atoms with Crippen LogP contribution in [0.3, 0.4) is 0 Å². The van der Waals surface area contributed by atoms with Crippen LogP contribution in [-0.2, 0) is 15.5 Å². The molecule has 3 aromatic rings. The third kappa shape index (κ3) is 3.12. The lowest BCUT2D eigenvalue weighted by atomic mass is 10.0. The molecule has 0 fully saturated rings. The van der Waals surface area contributed by atoms with E-state index in [9.17, 15) is 18.0 Å². The fraction of sp³-hybridized carbons (Fsp3) is 0.176. The number of hydrogen-bond donors (Lipinski definition) is 1. The maximum atomic E-state index is 12.8. The zero-order chi connectivity index (χ0) is 18.4. The Hall–Kier alpha value is -2.38. The summed E-state index contributed by atoms with van der Waals surface area (Å²) in [5, 5.41) is 9.21. The zero-order valence-corrected chi connectivity index (χ0v) is 14.6. The van der Waals surface area contributed by atoms with Gasteiger partial charge in [-0.3, -0.25) is 4.79 Å². The standard InChI is InChI=1S/C17H13ClO6S/c1-2-3-9-6-12-15(19)11-8-10(17(20)21)4-5-13(11)24-16(12)14(7-9)25(18,22)23/h4-8H,2-3H2,1H3,(H,20,21). The van der Waals surface area contributed by atoms with Gasteiger partial charge in [-0.1, -0.05) is 13.3 Å². The smallest absolute Gasteiger partial charge is 0.335 e. The molecule has 0 saturated carbocycles. The minimum Gasteiger partial charge on any atom is -0.478 e. The van der Waals surface area contributed by atoms with Crippen LogP contribution in [0.15, 0.2) is 44.4 Å². The first-order chi connectivity index (χ1) is 11.7. The number of carboxylic acid groups (broad SMARTS) is 1. The number of carboxylic acids is 1. The minimum absolute atomic E-state index is 0.0558. The Morgan fingerprint density at radius 1 is 1.20 bits per heavy atom. The molecule has 130 valence electrons. The summed E-state index contributed by atoms with van der Waals surface area (Å²) >= 11 is 0. The molecule has 25 heavy (non-hydrogen) atoms. The van der Waals surface area contributed by atoms with Crippen molar-refractivity contribution in [3.63, 3.8) is 0 Å². The summed E-state index contributed by atoms with van der Waals surface area (Å²) in [5.41, 5.74) is 0.0333. The Morgan fingerprint density at radius 3 is 2.52 bits per heavy atom. The number of benzene rings is 2. The van der Waals surface area contributed by atoms with Crippen LogP contribution in [0.4, 0.5) is 0 Å². The van der Waals surface area contributed by atoms with Gasteiger partial charge >= 0.3 is 5.97 Å². The molecule has 0 aliphatic rings. The van der Waals surface area contributed by atoms with Crippen molar-refractivity contribution < 1.29 is 22.7 Å². The van der Waals surface area contributed by atoms with E-state index in [1.54, 1.807) is 6.07 Å². The summed E-state index contributed by atoms with van der Waals surface area (Å²) < 4.78 is 29.4. The summed E-state index contributed by atoms with van der Waals surface area (Å²) in [7, 11) is 1.38. The largest absolute Gasteiger partial charge is 0.478 e. The molecule has 3 rings (SSSR count). The Kier molecular flexibility index (Phi) is 4.30. The number of rotatable bonds is 4. The van der Waals surface area contributed by atoms with E-state index in [2.05, 4.69) is 0 Å². The first-order valence-electron chi connectivity index (χ1n) is 7.44. The number of aromatic carboxylic acids is 1. The fourth-order valence-electron chi connectivity index (χ4n) is 2.73. The van der Waals surface area contributed by atoms with Crippen molar-refractivity contribution in [3.8, 4) is 0 Å². The van der Waals surface area contributed by atoms with Crippen LogP contribution in [0.5, 0.6) is 0 Å². The van der Waals surface area contributed by atoms with Gasteiger partial charge in [-0.15, -0.1) is 0 Å². The summed E-state index contributed by atoms with van der Waals surface area (Å²) in [6.07, 6.45) is 1.30. The van der Waals surface area contributed by atoms with Crippen molar-refractivity contribution in [2.24, 2.45) is 0 Å². The van der Waals surface area contributed by atoms with Gasteiger partial charge in [0.2, 0.25) is 5.43 Å². The number of fused-ring (bicyclic) bond motifs is 2. The second-order valence-corrected chi connectivity index (χ2v) is 8.14. The second kappa shape index (κ2) is 6.16. The van der Waals surface area contributed by atoms with E-state index < -0.39 is 20.4 Å². The Bertz CT molecular complexity index is 1180. The molecule has 0 atom stereocenters. The van der Waals surface area contributed by atoms with Crippen molar-refractivity contribution in [1.82, 2.24) is 0 Å². The third-order valence-corrected chi connectivity index (χ3v) is 5.17. The van der Waals surface area contributed by atoms with E-state index in [1.807, 2.05) is 6.92 Å². The van der Waals surface area contributed by atoms with Gasteiger partial charge in [0.15, 0.2) is 5.58 Å². The maximum absolute atomic E-state index is 12.8. The van der Waals surface area contributed by atoms with E-state index >= 15 is 0 Å². The summed E-state index contributed by atoms with van der Waals surface area (Å²) in [6.45, 7) is 1.92. The molecule has 0 spiro atoms. The molecule has 2 aromatic carbocycles. The molecule has 0 aliphatic carbocycles. The van der Waals surface area contributed by atoms with Crippen LogP contribution in [0.1, 0.15) is 29.3 Å². The van der Waals surface area contributed by atoms with E-state index in [0.29, 0.717) is 12.0 Å². The zero-order valence-electron chi connectivity index (χ0n) is 13.1. The molecule has 0 bridgehead atoms. The van der Waals surface area contributed by atoms with Gasteiger partial charge in [0.05, 0.1) is 16.3 Å². The van der Waals surface area contributed by atoms with Gasteiger partial charge in [0.25, 0.3) is 9.05 Å². The molecule has 0 saturated heterocycles. The highest BCUT2D eigenvalue weighted by atomic mass is 35.7. The fourth-order valence-corrected chi connectivity index (χ4v) is 3.74. The molecule has 1 N–H and O–H groups in total. The first-order valence-corrected chi connectivity index (χ1v) is 9.74. The van der Waals surface area contributed by atoms with Crippen LogP contribution < -0.4 is 5.43 Å². The number of halogens is 1. The van der Waals surface area contributed by atoms with E-state index in [-0.39, 0.29) is 32.4 Å². The van der Waals surface area contributed by atoms with Gasteiger partial charge in [0, 0.05) is 10.7 Å². The van der Waals surface area contributed by atoms with Crippen LogP contribution in [0.2, 0.25) is 0 Å². The van der Waals surface area contributed by atoms with Crippen molar-refractivity contribution in [1.29, 1.82) is 0 Å². The highest BCUT2D eigenvalue weighted by Crippen LogP contribution is 2.29. The third-order valence-electron chi connectivity index (χ3n) is 3.84.